The fourth-order valence-electron chi connectivity index (χ4n) is 2.94. The highest BCUT2D eigenvalue weighted by atomic mass is 16.5. The summed E-state index contributed by atoms with van der Waals surface area (Å²) in [6, 6.07) is 5.65. The lowest BCUT2D eigenvalue weighted by Crippen LogP contribution is -2.45. The molecule has 1 aromatic carbocycles. The largest absolute Gasteiger partial charge is 0.494 e. The Bertz CT molecular complexity index is 714. The minimum Gasteiger partial charge on any atom is -0.494 e. The standard InChI is InChI=1S/C16H20N2O3.2C2H6/c1-3-6-21-12-4-5-14-13(7-12)17-10-15(19)18(14)11-8-16(2,20)9-11;2*1-2/h4-5,7,10-11,20H,3,6,8-9H2,1-2H3;2*1-2H3. The van der Waals surface area contributed by atoms with Crippen molar-refractivity contribution in [2.24, 2.45) is 0 Å². The van der Waals surface area contributed by atoms with Gasteiger partial charge < -0.3 is 14.4 Å². The Morgan fingerprint density at radius 2 is 1.92 bits per heavy atom. The number of nitrogens with zero attached hydrogens (tertiary/aromatic N) is 2. The molecule has 25 heavy (non-hydrogen) atoms. The Balaban J connectivity index is 0.000000730. The van der Waals surface area contributed by atoms with Crippen molar-refractivity contribution in [2.75, 3.05) is 6.61 Å². The maximum absolute atomic E-state index is 12.1. The summed E-state index contributed by atoms with van der Waals surface area (Å²) in [6.45, 7) is 12.5. The van der Waals surface area contributed by atoms with Crippen molar-refractivity contribution in [1.82, 2.24) is 9.55 Å². The molecule has 5 heteroatoms. The van der Waals surface area contributed by atoms with Crippen molar-refractivity contribution < 1.29 is 9.84 Å². The topological polar surface area (TPSA) is 64.3 Å². The second kappa shape index (κ2) is 9.56. The molecule has 0 spiro atoms. The summed E-state index contributed by atoms with van der Waals surface area (Å²) in [5.41, 5.74) is 0.760. The molecule has 1 N–H and O–H groups in total. The Kier molecular flexibility index (Phi) is 8.10. The van der Waals surface area contributed by atoms with Crippen molar-refractivity contribution >= 4 is 11.0 Å². The fraction of sp³-hybridized carbons (Fsp3) is 0.600. The molecule has 0 unspecified atom stereocenters. The zero-order valence-electron chi connectivity index (χ0n) is 16.4. The third-order valence-electron chi connectivity index (χ3n) is 3.95. The van der Waals surface area contributed by atoms with Gasteiger partial charge in [-0.15, -0.1) is 0 Å². The highest BCUT2D eigenvalue weighted by Crippen LogP contribution is 2.41. The first kappa shape index (κ1) is 21.2. The first-order chi connectivity index (χ1) is 12.0. The van der Waals surface area contributed by atoms with Gasteiger partial charge in [0.1, 0.15) is 5.75 Å². The van der Waals surface area contributed by atoms with E-state index >= 15 is 0 Å². The van der Waals surface area contributed by atoms with E-state index in [9.17, 15) is 9.90 Å². The number of fused-ring (bicyclic) bond motifs is 1. The molecule has 0 amide bonds. The normalized spacial score (nSPS) is 21.3. The van der Waals surface area contributed by atoms with Crippen LogP contribution < -0.4 is 10.3 Å². The van der Waals surface area contributed by atoms with Crippen molar-refractivity contribution in [3.8, 4) is 5.75 Å². The Morgan fingerprint density at radius 3 is 2.48 bits per heavy atom. The van der Waals surface area contributed by atoms with E-state index < -0.39 is 5.60 Å². The van der Waals surface area contributed by atoms with Gasteiger partial charge in [-0.3, -0.25) is 4.79 Å². The number of hydrogen-bond donors (Lipinski definition) is 1. The van der Waals surface area contributed by atoms with E-state index in [0.717, 1.165) is 23.2 Å². The maximum Gasteiger partial charge on any atom is 0.269 e. The van der Waals surface area contributed by atoms with Crippen LogP contribution in [-0.2, 0) is 0 Å². The van der Waals surface area contributed by atoms with Gasteiger partial charge in [0.2, 0.25) is 0 Å². The molecule has 5 nitrogen and oxygen atoms in total. The molecule has 3 rings (SSSR count). The number of aromatic nitrogens is 2. The molecule has 1 heterocycles. The van der Waals surface area contributed by atoms with E-state index in [4.69, 9.17) is 4.74 Å². The minimum absolute atomic E-state index is 0.0420. The lowest BCUT2D eigenvalue weighted by molar-refractivity contribution is -0.0506. The first-order valence-electron chi connectivity index (χ1n) is 9.37. The Hall–Kier alpha value is -1.88. The smallest absolute Gasteiger partial charge is 0.269 e. The van der Waals surface area contributed by atoms with E-state index in [2.05, 4.69) is 11.9 Å². The third-order valence-corrected chi connectivity index (χ3v) is 3.95. The van der Waals surface area contributed by atoms with Gasteiger partial charge in [0.25, 0.3) is 5.56 Å². The van der Waals surface area contributed by atoms with Gasteiger partial charge in [0, 0.05) is 12.1 Å². The molecule has 0 saturated heterocycles. The number of benzene rings is 1. The van der Waals surface area contributed by atoms with Crippen LogP contribution >= 0.6 is 0 Å². The van der Waals surface area contributed by atoms with Crippen LogP contribution in [0.4, 0.5) is 0 Å². The maximum atomic E-state index is 12.1. The fourth-order valence-corrected chi connectivity index (χ4v) is 2.94. The number of aliphatic hydroxyl groups is 1. The summed E-state index contributed by atoms with van der Waals surface area (Å²) in [5.74, 6) is 0.766. The molecule has 1 aliphatic rings. The van der Waals surface area contributed by atoms with Gasteiger partial charge >= 0.3 is 0 Å². The van der Waals surface area contributed by atoms with Gasteiger partial charge in [-0.05, 0) is 38.3 Å². The zero-order valence-corrected chi connectivity index (χ0v) is 16.4. The molecular formula is C20H32N2O3. The van der Waals surface area contributed by atoms with Crippen molar-refractivity contribution in [1.29, 1.82) is 0 Å². The van der Waals surface area contributed by atoms with Gasteiger partial charge in [0.05, 0.1) is 29.4 Å². The molecule has 0 aliphatic heterocycles. The van der Waals surface area contributed by atoms with Crippen LogP contribution in [0.1, 0.15) is 66.8 Å². The highest BCUT2D eigenvalue weighted by Gasteiger charge is 2.40. The number of rotatable bonds is 4. The van der Waals surface area contributed by atoms with E-state index in [1.807, 2.05) is 45.9 Å². The molecule has 2 aromatic rings. The SMILES string of the molecule is CC.CC.CCCOc1ccc2c(c1)ncc(=O)n2C1CC(C)(O)C1. The van der Waals surface area contributed by atoms with E-state index in [1.54, 1.807) is 11.5 Å². The zero-order chi connectivity index (χ0) is 19.0. The second-order valence-corrected chi connectivity index (χ2v) is 6.02. The average molecular weight is 348 g/mol. The van der Waals surface area contributed by atoms with Crippen molar-refractivity contribution in [2.45, 2.75) is 72.4 Å². The molecule has 1 aliphatic carbocycles. The first-order valence-corrected chi connectivity index (χ1v) is 9.37. The van der Waals surface area contributed by atoms with Crippen LogP contribution in [-0.4, -0.2) is 26.9 Å². The number of hydrogen-bond acceptors (Lipinski definition) is 4. The molecule has 140 valence electrons. The van der Waals surface area contributed by atoms with E-state index in [0.29, 0.717) is 19.4 Å². The van der Waals surface area contributed by atoms with Gasteiger partial charge in [0.15, 0.2) is 0 Å². The van der Waals surface area contributed by atoms with Crippen LogP contribution in [0.25, 0.3) is 11.0 Å². The van der Waals surface area contributed by atoms with Crippen LogP contribution in [0, 0.1) is 0 Å². The summed E-state index contributed by atoms with van der Waals surface area (Å²) in [6.07, 6.45) is 3.49. The predicted molar refractivity (Wildman–Crippen MR) is 103 cm³/mol. The second-order valence-electron chi connectivity index (χ2n) is 6.02. The molecule has 0 atom stereocenters. The lowest BCUT2D eigenvalue weighted by Gasteiger charge is -2.42. The Labute approximate surface area is 150 Å². The lowest BCUT2D eigenvalue weighted by atomic mass is 9.77. The van der Waals surface area contributed by atoms with Gasteiger partial charge in [-0.25, -0.2) is 4.98 Å². The highest BCUT2D eigenvalue weighted by molar-refractivity contribution is 5.76. The molecule has 1 aromatic heterocycles. The third kappa shape index (κ3) is 5.05. The van der Waals surface area contributed by atoms with E-state index in [-0.39, 0.29) is 11.6 Å². The van der Waals surface area contributed by atoms with Gasteiger partial charge in [-0.2, -0.15) is 0 Å². The summed E-state index contributed by atoms with van der Waals surface area (Å²) in [5, 5.41) is 9.90. The molecule has 0 radical (unpaired) electrons. The average Bonchev–Trinajstić information content (AvgIpc) is 2.61. The summed E-state index contributed by atoms with van der Waals surface area (Å²) in [7, 11) is 0. The monoisotopic (exact) mass is 348 g/mol. The van der Waals surface area contributed by atoms with Crippen LogP contribution in [0.3, 0.4) is 0 Å². The van der Waals surface area contributed by atoms with Crippen molar-refractivity contribution in [3.05, 3.63) is 34.7 Å². The summed E-state index contributed by atoms with van der Waals surface area (Å²) < 4.78 is 7.34. The number of ether oxygens (including phenoxy) is 1. The molecule has 1 fully saturated rings. The van der Waals surface area contributed by atoms with Crippen molar-refractivity contribution in [3.63, 3.8) is 0 Å². The molecule has 0 bridgehead atoms. The van der Waals surface area contributed by atoms with E-state index in [1.165, 1.54) is 6.20 Å². The molecule has 1 saturated carbocycles. The quantitative estimate of drug-likeness (QED) is 0.893. The van der Waals surface area contributed by atoms with Crippen LogP contribution in [0.15, 0.2) is 29.2 Å². The predicted octanol–water partition coefficient (Wildman–Crippen LogP) is 4.32. The minimum atomic E-state index is -0.663. The summed E-state index contributed by atoms with van der Waals surface area (Å²) in [4.78, 5) is 16.3. The Morgan fingerprint density at radius 1 is 1.28 bits per heavy atom. The summed E-state index contributed by atoms with van der Waals surface area (Å²) >= 11 is 0. The molecular weight excluding hydrogens is 316 g/mol. The van der Waals surface area contributed by atoms with Crippen LogP contribution in [0.2, 0.25) is 0 Å². The van der Waals surface area contributed by atoms with Gasteiger partial charge in [-0.1, -0.05) is 34.6 Å². The van der Waals surface area contributed by atoms with Crippen LogP contribution in [0.5, 0.6) is 5.75 Å².